The Morgan fingerprint density at radius 1 is 1.38 bits per heavy atom. The molecule has 1 aliphatic rings. The minimum absolute atomic E-state index is 0.142. The van der Waals surface area contributed by atoms with E-state index < -0.39 is 11.4 Å². The second kappa shape index (κ2) is 6.47. The fraction of sp³-hybridized carbons (Fsp3) is 0.467. The van der Waals surface area contributed by atoms with E-state index in [-0.39, 0.29) is 24.2 Å². The lowest BCUT2D eigenvalue weighted by atomic mass is 10.1. The lowest BCUT2D eigenvalue weighted by molar-refractivity contribution is -0.143. The van der Waals surface area contributed by atoms with E-state index in [0.717, 1.165) is 4.90 Å². The van der Waals surface area contributed by atoms with Crippen LogP contribution in [0, 0.1) is 17.2 Å². The molecule has 1 unspecified atom stereocenters. The van der Waals surface area contributed by atoms with Crippen molar-refractivity contribution in [1.82, 2.24) is 5.32 Å². The molecule has 21 heavy (non-hydrogen) atoms. The molecule has 4 nitrogen and oxygen atoms in total. The highest BCUT2D eigenvalue weighted by atomic mass is 32.2. The van der Waals surface area contributed by atoms with E-state index in [1.165, 1.54) is 23.9 Å². The van der Waals surface area contributed by atoms with Crippen LogP contribution in [-0.2, 0) is 9.59 Å². The van der Waals surface area contributed by atoms with Crippen LogP contribution in [0.15, 0.2) is 29.2 Å². The van der Waals surface area contributed by atoms with E-state index in [4.69, 9.17) is 5.11 Å². The zero-order valence-electron chi connectivity index (χ0n) is 11.8. The SMILES string of the molecule is CC(CSc1ccc(F)cc1)C(=O)NCC1(C(=O)O)CC1. The molecule has 1 fully saturated rings. The molecular weight excluding hydrogens is 293 g/mol. The summed E-state index contributed by atoms with van der Waals surface area (Å²) in [5.74, 6) is -0.927. The number of carboxylic acid groups (broad SMARTS) is 1. The number of hydrogen-bond donors (Lipinski definition) is 2. The van der Waals surface area contributed by atoms with Crippen LogP contribution in [0.4, 0.5) is 4.39 Å². The largest absolute Gasteiger partial charge is 0.481 e. The van der Waals surface area contributed by atoms with Gasteiger partial charge in [-0.1, -0.05) is 6.92 Å². The number of amides is 1. The predicted octanol–water partition coefficient (Wildman–Crippen LogP) is 2.53. The van der Waals surface area contributed by atoms with Gasteiger partial charge in [0.2, 0.25) is 5.91 Å². The van der Waals surface area contributed by atoms with E-state index in [2.05, 4.69) is 5.32 Å². The third-order valence-electron chi connectivity index (χ3n) is 3.67. The Kier molecular flexibility index (Phi) is 4.88. The van der Waals surface area contributed by atoms with Crippen LogP contribution in [-0.4, -0.2) is 29.3 Å². The molecule has 1 aromatic carbocycles. The van der Waals surface area contributed by atoms with Gasteiger partial charge < -0.3 is 10.4 Å². The van der Waals surface area contributed by atoms with Crippen LogP contribution in [0.5, 0.6) is 0 Å². The smallest absolute Gasteiger partial charge is 0.311 e. The summed E-state index contributed by atoms with van der Waals surface area (Å²) in [6, 6.07) is 6.12. The summed E-state index contributed by atoms with van der Waals surface area (Å²) in [5, 5.41) is 11.8. The first-order valence-corrected chi connectivity index (χ1v) is 7.81. The van der Waals surface area contributed by atoms with Crippen LogP contribution in [0.1, 0.15) is 19.8 Å². The molecule has 0 aromatic heterocycles. The summed E-state index contributed by atoms with van der Waals surface area (Å²) in [6.45, 7) is 2.00. The topological polar surface area (TPSA) is 66.4 Å². The Morgan fingerprint density at radius 3 is 2.52 bits per heavy atom. The highest BCUT2D eigenvalue weighted by molar-refractivity contribution is 7.99. The first-order chi connectivity index (χ1) is 9.93. The van der Waals surface area contributed by atoms with Gasteiger partial charge in [0.15, 0.2) is 0 Å². The Balaban J connectivity index is 1.75. The Bertz CT molecular complexity index is 528. The van der Waals surface area contributed by atoms with Crippen molar-refractivity contribution in [2.75, 3.05) is 12.3 Å². The first-order valence-electron chi connectivity index (χ1n) is 6.82. The van der Waals surface area contributed by atoms with Gasteiger partial charge in [0.1, 0.15) is 5.82 Å². The van der Waals surface area contributed by atoms with Gasteiger partial charge in [0.25, 0.3) is 0 Å². The molecule has 2 N–H and O–H groups in total. The maximum Gasteiger partial charge on any atom is 0.311 e. The fourth-order valence-corrected chi connectivity index (χ4v) is 2.80. The summed E-state index contributed by atoms with van der Waals surface area (Å²) in [7, 11) is 0. The van der Waals surface area contributed by atoms with Crippen molar-refractivity contribution in [1.29, 1.82) is 0 Å². The Morgan fingerprint density at radius 2 is 2.00 bits per heavy atom. The van der Waals surface area contributed by atoms with Gasteiger partial charge in [0.05, 0.1) is 5.41 Å². The average molecular weight is 311 g/mol. The van der Waals surface area contributed by atoms with E-state index >= 15 is 0 Å². The molecule has 0 radical (unpaired) electrons. The van der Waals surface area contributed by atoms with Gasteiger partial charge in [-0.2, -0.15) is 0 Å². The van der Waals surface area contributed by atoms with Crippen LogP contribution in [0.25, 0.3) is 0 Å². The average Bonchev–Trinajstić information content (AvgIpc) is 3.25. The van der Waals surface area contributed by atoms with Crippen molar-refractivity contribution < 1.29 is 19.1 Å². The summed E-state index contributed by atoms with van der Waals surface area (Å²) >= 11 is 1.48. The normalized spacial score (nSPS) is 17.0. The summed E-state index contributed by atoms with van der Waals surface area (Å²) in [6.07, 6.45) is 1.25. The second-order valence-corrected chi connectivity index (χ2v) is 6.56. The monoisotopic (exact) mass is 311 g/mol. The molecule has 1 amide bonds. The Labute approximate surface area is 127 Å². The third kappa shape index (κ3) is 4.20. The molecule has 6 heteroatoms. The maximum atomic E-state index is 12.8. The van der Waals surface area contributed by atoms with Crippen LogP contribution in [0.2, 0.25) is 0 Å². The van der Waals surface area contributed by atoms with E-state index in [9.17, 15) is 14.0 Å². The fourth-order valence-electron chi connectivity index (χ4n) is 1.88. The molecule has 1 atom stereocenters. The van der Waals surface area contributed by atoms with Crippen LogP contribution in [0.3, 0.4) is 0 Å². The number of nitrogens with one attached hydrogen (secondary N) is 1. The van der Waals surface area contributed by atoms with E-state index in [1.54, 1.807) is 19.1 Å². The molecule has 0 heterocycles. The summed E-state index contributed by atoms with van der Waals surface area (Å²) in [5.41, 5.74) is -0.737. The number of carbonyl (C=O) groups excluding carboxylic acids is 1. The molecule has 1 aromatic rings. The highest BCUT2D eigenvalue weighted by Gasteiger charge is 2.50. The molecule has 2 rings (SSSR count). The summed E-state index contributed by atoms with van der Waals surface area (Å²) in [4.78, 5) is 23.9. The lowest BCUT2D eigenvalue weighted by Crippen LogP contribution is -2.37. The number of rotatable bonds is 7. The lowest BCUT2D eigenvalue weighted by Gasteiger charge is -2.15. The zero-order valence-corrected chi connectivity index (χ0v) is 12.6. The second-order valence-electron chi connectivity index (χ2n) is 5.47. The molecular formula is C15H18FNO3S. The molecule has 114 valence electrons. The van der Waals surface area contributed by atoms with Crippen LogP contribution < -0.4 is 5.32 Å². The molecule has 0 saturated heterocycles. The number of carboxylic acids is 1. The highest BCUT2D eigenvalue weighted by Crippen LogP contribution is 2.45. The quantitative estimate of drug-likeness (QED) is 0.760. The van der Waals surface area contributed by atoms with Crippen molar-refractivity contribution >= 4 is 23.6 Å². The van der Waals surface area contributed by atoms with E-state index in [0.29, 0.717) is 18.6 Å². The van der Waals surface area contributed by atoms with Crippen molar-refractivity contribution in [2.24, 2.45) is 11.3 Å². The minimum atomic E-state index is -0.837. The van der Waals surface area contributed by atoms with Gasteiger partial charge in [0, 0.05) is 23.1 Å². The third-order valence-corrected chi connectivity index (χ3v) is 4.94. The number of carbonyl (C=O) groups is 2. The van der Waals surface area contributed by atoms with Crippen molar-refractivity contribution in [3.05, 3.63) is 30.1 Å². The molecule has 0 spiro atoms. The minimum Gasteiger partial charge on any atom is -0.481 e. The van der Waals surface area contributed by atoms with Gasteiger partial charge in [-0.15, -0.1) is 11.8 Å². The molecule has 1 saturated carbocycles. The van der Waals surface area contributed by atoms with Crippen molar-refractivity contribution in [3.63, 3.8) is 0 Å². The number of benzene rings is 1. The number of thioether (sulfide) groups is 1. The molecule has 1 aliphatic carbocycles. The van der Waals surface area contributed by atoms with Crippen molar-refractivity contribution in [3.8, 4) is 0 Å². The first kappa shape index (κ1) is 15.8. The Hall–Kier alpha value is -1.56. The molecule has 0 aliphatic heterocycles. The van der Waals surface area contributed by atoms with E-state index in [1.807, 2.05) is 0 Å². The maximum absolute atomic E-state index is 12.8. The molecule has 0 bridgehead atoms. The standard InChI is InChI=1S/C15H18FNO3S/c1-10(8-21-12-4-2-11(16)3-5-12)13(18)17-9-15(6-7-15)14(19)20/h2-5,10H,6-9H2,1H3,(H,17,18)(H,19,20). The number of aliphatic carboxylic acids is 1. The number of halogens is 1. The van der Waals surface area contributed by atoms with Gasteiger partial charge in [-0.3, -0.25) is 9.59 Å². The number of hydrogen-bond acceptors (Lipinski definition) is 3. The zero-order chi connectivity index (χ0) is 15.5. The van der Waals surface area contributed by atoms with Gasteiger partial charge in [-0.05, 0) is 37.1 Å². The predicted molar refractivity (Wildman–Crippen MR) is 78.6 cm³/mol. The van der Waals surface area contributed by atoms with Crippen LogP contribution >= 0.6 is 11.8 Å². The van der Waals surface area contributed by atoms with Crippen molar-refractivity contribution in [2.45, 2.75) is 24.7 Å². The van der Waals surface area contributed by atoms with Gasteiger partial charge >= 0.3 is 5.97 Å². The van der Waals surface area contributed by atoms with Gasteiger partial charge in [-0.25, -0.2) is 4.39 Å². The summed E-state index contributed by atoms with van der Waals surface area (Å²) < 4.78 is 12.8.